The van der Waals surface area contributed by atoms with Crippen LogP contribution in [-0.4, -0.2) is 0 Å². The van der Waals surface area contributed by atoms with Gasteiger partial charge in [0.1, 0.15) is 40.7 Å². The van der Waals surface area contributed by atoms with Crippen LogP contribution in [0.25, 0.3) is 33.0 Å². The number of halogens is 14. The fraction of sp³-hybridized carbons (Fsp3) is 0.143. The highest BCUT2D eigenvalue weighted by atomic mass is 32.5. The third-order valence-corrected chi connectivity index (χ3v) is 10.0. The quantitative estimate of drug-likeness (QED) is 0.120. The Bertz CT molecular complexity index is 2700. The fourth-order valence-corrected chi connectivity index (χ4v) is 7.05. The number of ether oxygens (including phenoxy) is 1. The lowest BCUT2D eigenvalue weighted by molar-refractivity contribution is -0.187. The summed E-state index contributed by atoms with van der Waals surface area (Å²) in [6.07, 6.45) is -4.78. The Labute approximate surface area is 321 Å². The van der Waals surface area contributed by atoms with E-state index in [0.29, 0.717) is 29.3 Å². The maximum absolute atomic E-state index is 15.6. The van der Waals surface area contributed by atoms with Crippen LogP contribution in [0.2, 0.25) is 0 Å². The van der Waals surface area contributed by atoms with Crippen LogP contribution in [-0.2, 0) is 11.5 Å². The molecule has 0 atom stereocenters. The first-order valence-electron chi connectivity index (χ1n) is 16.7. The molecule has 6 aromatic carbocycles. The second-order valence-corrected chi connectivity index (χ2v) is 16.7. The highest BCUT2D eigenvalue weighted by molar-refractivity contribution is 8.45. The van der Waals surface area contributed by atoms with E-state index in [4.69, 9.17) is 0 Å². The van der Waals surface area contributed by atoms with Crippen LogP contribution in [0.5, 0.6) is 5.75 Å². The van der Waals surface area contributed by atoms with Crippen molar-refractivity contribution in [1.29, 1.82) is 0 Å². The van der Waals surface area contributed by atoms with Gasteiger partial charge in [0.15, 0.2) is 10.7 Å². The summed E-state index contributed by atoms with van der Waals surface area (Å²) in [4.78, 5) is -3.65. The molecule has 0 radical (unpaired) electrons. The molecule has 58 heavy (non-hydrogen) atoms. The van der Waals surface area contributed by atoms with Gasteiger partial charge in [-0.05, 0) is 88.5 Å². The third-order valence-electron chi connectivity index (χ3n) is 8.87. The summed E-state index contributed by atoms with van der Waals surface area (Å²) in [6, 6.07) is 12.9. The Hall–Kier alpha value is -5.69. The Kier molecular flexibility index (Phi) is 9.71. The van der Waals surface area contributed by atoms with E-state index in [-0.39, 0.29) is 29.3 Å². The van der Waals surface area contributed by atoms with Crippen LogP contribution >= 0.6 is 10.2 Å². The topological polar surface area (TPSA) is 9.23 Å². The molecule has 1 nitrogen and oxygen atoms in total. The van der Waals surface area contributed by atoms with E-state index in [1.54, 1.807) is 6.07 Å². The van der Waals surface area contributed by atoms with Crippen LogP contribution in [0.1, 0.15) is 48.6 Å². The Morgan fingerprint density at radius 1 is 0.552 bits per heavy atom. The van der Waals surface area contributed by atoms with Crippen LogP contribution in [0.3, 0.4) is 0 Å². The van der Waals surface area contributed by atoms with E-state index in [2.05, 4.69) is 16.6 Å². The molecular formula is C42H26F14OS. The van der Waals surface area contributed by atoms with Gasteiger partial charge in [-0.15, -0.1) is 0 Å². The summed E-state index contributed by atoms with van der Waals surface area (Å²) < 4.78 is 206. The minimum absolute atomic E-state index is 0.0267. The van der Waals surface area contributed by atoms with Crippen molar-refractivity contribution in [3.05, 3.63) is 153 Å². The molecule has 16 heteroatoms. The monoisotopic (exact) mass is 844 g/mol. The standard InChI is InChI=1S/C42H26F14OS/c1-21-5-8-23(9-6-21)25-16-30(41(2,3)4)28(31(43)18-25)11-7-22-13-33(45)37(34(46)14-22)24-10-12-29(32(44)17-24)42(50,51)57-27-15-26-19-36(48)40(58(52,53,54,55)56)39(49)38(26)35(47)20-27/h5-6,8-10,12-20H,1-4H3. The van der Waals surface area contributed by atoms with Gasteiger partial charge >= 0.3 is 16.3 Å². The van der Waals surface area contributed by atoms with E-state index in [9.17, 15) is 32.6 Å². The van der Waals surface area contributed by atoms with Gasteiger partial charge in [-0.25, -0.2) is 30.7 Å². The number of aryl methyl sites for hydroxylation is 1. The SMILES string of the molecule is Cc1ccc(-c2cc(F)c(C#Cc3cc(F)c(-c4ccc(C(F)(F)Oc5cc(F)c6c(F)c(S(F)(F)(F)(F)F)c(F)cc6c5)c(F)c4)c(F)c3)c(C(C)(C)C)c2)cc1. The zero-order chi connectivity index (χ0) is 43.0. The summed E-state index contributed by atoms with van der Waals surface area (Å²) >= 11 is 0. The van der Waals surface area contributed by atoms with Gasteiger partial charge < -0.3 is 4.74 Å². The number of alkyl halides is 2. The number of hydrogen-bond donors (Lipinski definition) is 0. The minimum Gasteiger partial charge on any atom is -0.429 e. The lowest BCUT2D eigenvalue weighted by Gasteiger charge is -2.40. The molecule has 6 aromatic rings. The first-order chi connectivity index (χ1) is 26.5. The third kappa shape index (κ3) is 8.31. The summed E-state index contributed by atoms with van der Waals surface area (Å²) in [7, 11) is -11.0. The molecule has 0 aliphatic heterocycles. The van der Waals surface area contributed by atoms with Crippen LogP contribution in [0.4, 0.5) is 58.9 Å². The molecule has 6 rings (SSSR count). The summed E-state index contributed by atoms with van der Waals surface area (Å²) in [5, 5.41) is -3.07. The second kappa shape index (κ2) is 13.4. The van der Waals surface area contributed by atoms with E-state index < -0.39 is 101 Å². The molecule has 0 aliphatic carbocycles. The predicted molar refractivity (Wildman–Crippen MR) is 193 cm³/mol. The normalized spacial score (nSPS) is 13.5. The van der Waals surface area contributed by atoms with Gasteiger partial charge in [0.05, 0.1) is 22.1 Å². The Morgan fingerprint density at radius 3 is 1.71 bits per heavy atom. The van der Waals surface area contributed by atoms with E-state index in [1.807, 2.05) is 52.0 Å². The largest absolute Gasteiger partial charge is 0.429 e. The van der Waals surface area contributed by atoms with Crippen molar-refractivity contribution in [3.63, 3.8) is 0 Å². The highest BCUT2D eigenvalue weighted by Gasteiger charge is 2.69. The van der Waals surface area contributed by atoms with Crippen molar-refractivity contribution < 1.29 is 63.7 Å². The molecule has 0 bridgehead atoms. The molecule has 0 saturated heterocycles. The average Bonchev–Trinajstić information content (AvgIpc) is 3.05. The average molecular weight is 845 g/mol. The molecule has 0 amide bonds. The van der Waals surface area contributed by atoms with Gasteiger partial charge in [0.25, 0.3) is 0 Å². The molecule has 0 aliphatic rings. The van der Waals surface area contributed by atoms with Gasteiger partial charge in [-0.1, -0.05) is 87.9 Å². The van der Waals surface area contributed by atoms with Crippen LogP contribution < -0.4 is 4.74 Å². The number of benzene rings is 6. The van der Waals surface area contributed by atoms with Gasteiger partial charge in [0.2, 0.25) is 0 Å². The molecule has 0 spiro atoms. The highest BCUT2D eigenvalue weighted by Crippen LogP contribution is 3.02. The van der Waals surface area contributed by atoms with Crippen molar-refractivity contribution in [3.8, 4) is 39.8 Å². The zero-order valence-corrected chi connectivity index (χ0v) is 31.0. The van der Waals surface area contributed by atoms with Crippen molar-refractivity contribution in [2.45, 2.75) is 44.1 Å². The maximum atomic E-state index is 15.6. The van der Waals surface area contributed by atoms with Crippen molar-refractivity contribution in [2.75, 3.05) is 0 Å². The lowest BCUT2D eigenvalue weighted by atomic mass is 9.82. The molecular weight excluding hydrogens is 818 g/mol. The van der Waals surface area contributed by atoms with Crippen LogP contribution in [0, 0.1) is 59.5 Å². The minimum atomic E-state index is -11.0. The van der Waals surface area contributed by atoms with Crippen molar-refractivity contribution in [2.24, 2.45) is 0 Å². The second-order valence-electron chi connectivity index (χ2n) is 14.3. The number of rotatable bonds is 6. The smallest absolute Gasteiger partial charge is 0.429 e. The maximum Gasteiger partial charge on any atom is 0.429 e. The molecule has 0 fully saturated rings. The van der Waals surface area contributed by atoms with E-state index in [0.717, 1.165) is 23.3 Å². The molecule has 0 saturated carbocycles. The molecule has 304 valence electrons. The van der Waals surface area contributed by atoms with Crippen molar-refractivity contribution in [1.82, 2.24) is 0 Å². The predicted octanol–water partition coefficient (Wildman–Crippen LogP) is 14.9. The van der Waals surface area contributed by atoms with E-state index in [1.165, 1.54) is 6.07 Å². The van der Waals surface area contributed by atoms with Crippen molar-refractivity contribution >= 4 is 21.0 Å². The Morgan fingerprint density at radius 2 is 1.14 bits per heavy atom. The summed E-state index contributed by atoms with van der Waals surface area (Å²) in [6.45, 7) is 7.38. The Balaban J connectivity index is 1.29. The fourth-order valence-electron chi connectivity index (χ4n) is 6.18. The van der Waals surface area contributed by atoms with Gasteiger partial charge in [-0.3, -0.25) is 0 Å². The molecule has 0 heterocycles. The van der Waals surface area contributed by atoms with Gasteiger partial charge in [0, 0.05) is 11.6 Å². The molecule has 0 aromatic heterocycles. The molecule has 0 unspecified atom stereocenters. The first kappa shape index (κ1) is 41.9. The van der Waals surface area contributed by atoms with Gasteiger partial charge in [-0.2, -0.15) is 8.78 Å². The summed E-state index contributed by atoms with van der Waals surface area (Å²) in [5.74, 6) is -9.37. The lowest BCUT2D eigenvalue weighted by Crippen LogP contribution is -2.23. The summed E-state index contributed by atoms with van der Waals surface area (Å²) in [5.41, 5.74) is -1.16. The first-order valence-corrected chi connectivity index (χ1v) is 18.6. The number of fused-ring (bicyclic) bond motifs is 1. The van der Waals surface area contributed by atoms with Crippen LogP contribution in [0.15, 0.2) is 89.8 Å². The number of hydrogen-bond acceptors (Lipinski definition) is 1. The van der Waals surface area contributed by atoms with E-state index >= 15 is 26.3 Å². The zero-order valence-electron chi connectivity index (χ0n) is 30.2. The molecule has 0 N–H and O–H groups in total.